The number of nitrogens with zero attached hydrogens (tertiary/aromatic N) is 1. The van der Waals surface area contributed by atoms with Gasteiger partial charge in [0.2, 0.25) is 0 Å². The van der Waals surface area contributed by atoms with Gasteiger partial charge in [0.05, 0.1) is 0 Å². The molecule has 1 heterocycles. The molecule has 1 aliphatic heterocycles. The van der Waals surface area contributed by atoms with Crippen LogP contribution >= 0.6 is 0 Å². The van der Waals surface area contributed by atoms with Crippen molar-refractivity contribution in [2.75, 3.05) is 20.1 Å². The zero-order valence-electron chi connectivity index (χ0n) is 10.6. The molecule has 0 spiro atoms. The molecule has 0 bridgehead atoms. The second-order valence-corrected chi connectivity index (χ2v) is 5.11. The van der Waals surface area contributed by atoms with E-state index >= 15 is 0 Å². The van der Waals surface area contributed by atoms with E-state index in [1.165, 1.54) is 37.9 Å². The molecular weight excluding hydrogens is 194 g/mol. The van der Waals surface area contributed by atoms with Crippen molar-refractivity contribution < 1.29 is 0 Å². The van der Waals surface area contributed by atoms with Crippen molar-refractivity contribution in [1.29, 1.82) is 0 Å². The fraction of sp³-hybridized carbons (Fsp3) is 0.600. The van der Waals surface area contributed by atoms with E-state index < -0.39 is 0 Å². The van der Waals surface area contributed by atoms with Crippen LogP contribution in [0.5, 0.6) is 0 Å². The summed E-state index contributed by atoms with van der Waals surface area (Å²) >= 11 is 0. The lowest BCUT2D eigenvalue weighted by Crippen LogP contribution is -2.19. The van der Waals surface area contributed by atoms with Crippen LogP contribution in [0.4, 0.5) is 0 Å². The van der Waals surface area contributed by atoms with Crippen molar-refractivity contribution in [3.05, 3.63) is 35.5 Å². The van der Waals surface area contributed by atoms with E-state index in [0.29, 0.717) is 0 Å². The highest BCUT2D eigenvalue weighted by atomic mass is 15.1. The predicted molar refractivity (Wildman–Crippen MR) is 70.4 cm³/mol. The molecule has 16 heavy (non-hydrogen) atoms. The van der Waals surface area contributed by atoms with Crippen LogP contribution < -0.4 is 0 Å². The minimum Gasteiger partial charge on any atom is -0.306 e. The van der Waals surface area contributed by atoms with Gasteiger partial charge < -0.3 is 4.90 Å². The van der Waals surface area contributed by atoms with Crippen LogP contribution in [0.15, 0.2) is 35.5 Å². The van der Waals surface area contributed by atoms with Crippen LogP contribution in [0.1, 0.15) is 32.6 Å². The number of likely N-dealkylation sites (tertiary alicyclic amines) is 1. The lowest BCUT2D eigenvalue weighted by atomic mass is 9.88. The molecule has 0 aromatic heterocycles. The largest absolute Gasteiger partial charge is 0.306 e. The summed E-state index contributed by atoms with van der Waals surface area (Å²) in [5, 5.41) is 0. The predicted octanol–water partition coefficient (Wildman–Crippen LogP) is 3.55. The molecule has 1 unspecified atom stereocenters. The fourth-order valence-electron chi connectivity index (χ4n) is 2.76. The van der Waals surface area contributed by atoms with Gasteiger partial charge in [-0.05, 0) is 69.8 Å². The zero-order valence-corrected chi connectivity index (χ0v) is 10.6. The maximum atomic E-state index is 2.46. The van der Waals surface area contributed by atoms with E-state index in [1.807, 2.05) is 0 Å². The van der Waals surface area contributed by atoms with Gasteiger partial charge in [-0.3, -0.25) is 0 Å². The Labute approximate surface area is 99.5 Å². The Morgan fingerprint density at radius 3 is 2.81 bits per heavy atom. The first-order chi connectivity index (χ1) is 7.77. The second-order valence-electron chi connectivity index (χ2n) is 5.11. The molecule has 1 fully saturated rings. The van der Waals surface area contributed by atoms with Crippen molar-refractivity contribution in [3.63, 3.8) is 0 Å². The smallest absolute Gasteiger partial charge is 0.00160 e. The van der Waals surface area contributed by atoms with Gasteiger partial charge in [0, 0.05) is 0 Å². The maximum absolute atomic E-state index is 2.46. The number of hydrogen-bond donors (Lipinski definition) is 0. The van der Waals surface area contributed by atoms with Gasteiger partial charge in [0.1, 0.15) is 0 Å². The molecule has 2 aliphatic rings. The molecule has 0 aromatic rings. The third kappa shape index (κ3) is 2.85. The van der Waals surface area contributed by atoms with Gasteiger partial charge in [-0.15, -0.1) is 0 Å². The number of rotatable bonds is 1. The molecule has 0 aromatic carbocycles. The lowest BCUT2D eigenvalue weighted by Gasteiger charge is -2.17. The quantitative estimate of drug-likeness (QED) is 0.649. The van der Waals surface area contributed by atoms with Gasteiger partial charge in [0.15, 0.2) is 0 Å². The Kier molecular flexibility index (Phi) is 4.00. The third-order valence-corrected chi connectivity index (χ3v) is 3.78. The molecule has 1 nitrogen and oxygen atoms in total. The number of hydrogen-bond acceptors (Lipinski definition) is 1. The van der Waals surface area contributed by atoms with E-state index in [2.05, 4.69) is 43.2 Å². The van der Waals surface area contributed by atoms with E-state index in [-0.39, 0.29) is 0 Å². The molecule has 1 heteroatoms. The molecule has 0 amide bonds. The van der Waals surface area contributed by atoms with E-state index in [1.54, 1.807) is 5.57 Å². The SMILES string of the molecule is CC1=C(C2CCCN(C)CC2)C=CCC=C1. The molecule has 0 N–H and O–H groups in total. The van der Waals surface area contributed by atoms with Crippen LogP contribution in [0.2, 0.25) is 0 Å². The van der Waals surface area contributed by atoms with Crippen molar-refractivity contribution in [3.8, 4) is 0 Å². The van der Waals surface area contributed by atoms with Crippen molar-refractivity contribution in [1.82, 2.24) is 4.90 Å². The van der Waals surface area contributed by atoms with Crippen LogP contribution in [0.25, 0.3) is 0 Å². The first kappa shape index (κ1) is 11.7. The topological polar surface area (TPSA) is 3.24 Å². The average Bonchev–Trinajstić information content (AvgIpc) is 2.59. The molecule has 1 atom stereocenters. The van der Waals surface area contributed by atoms with Gasteiger partial charge in [-0.1, -0.05) is 24.3 Å². The molecule has 2 rings (SSSR count). The Morgan fingerprint density at radius 1 is 1.12 bits per heavy atom. The van der Waals surface area contributed by atoms with Crippen molar-refractivity contribution >= 4 is 0 Å². The summed E-state index contributed by atoms with van der Waals surface area (Å²) < 4.78 is 0. The average molecular weight is 217 g/mol. The Morgan fingerprint density at radius 2 is 1.94 bits per heavy atom. The minimum atomic E-state index is 0.781. The van der Waals surface area contributed by atoms with Gasteiger partial charge >= 0.3 is 0 Å². The van der Waals surface area contributed by atoms with Gasteiger partial charge in [0.25, 0.3) is 0 Å². The Hall–Kier alpha value is -0.820. The van der Waals surface area contributed by atoms with E-state index in [9.17, 15) is 0 Å². The molecule has 0 saturated carbocycles. The molecule has 1 aliphatic carbocycles. The van der Waals surface area contributed by atoms with Gasteiger partial charge in [-0.25, -0.2) is 0 Å². The summed E-state index contributed by atoms with van der Waals surface area (Å²) in [7, 11) is 2.24. The molecule has 88 valence electrons. The van der Waals surface area contributed by atoms with Crippen molar-refractivity contribution in [2.45, 2.75) is 32.6 Å². The van der Waals surface area contributed by atoms with Crippen LogP contribution in [-0.4, -0.2) is 25.0 Å². The standard InChI is InChI=1S/C15H23N/c1-13-7-4-3-5-9-15(13)14-8-6-11-16(2)12-10-14/h4-5,7,9,14H,3,6,8,10-12H2,1-2H3. The monoisotopic (exact) mass is 217 g/mol. The Bertz CT molecular complexity index is 322. The fourth-order valence-corrected chi connectivity index (χ4v) is 2.76. The van der Waals surface area contributed by atoms with E-state index in [0.717, 1.165) is 12.3 Å². The van der Waals surface area contributed by atoms with Crippen LogP contribution in [0.3, 0.4) is 0 Å². The summed E-state index contributed by atoms with van der Waals surface area (Å²) in [5.74, 6) is 0.781. The van der Waals surface area contributed by atoms with Crippen LogP contribution in [-0.2, 0) is 0 Å². The van der Waals surface area contributed by atoms with E-state index in [4.69, 9.17) is 0 Å². The second kappa shape index (κ2) is 5.49. The maximum Gasteiger partial charge on any atom is -0.00160 e. The highest BCUT2D eigenvalue weighted by Crippen LogP contribution is 2.29. The zero-order chi connectivity index (χ0) is 11.4. The summed E-state index contributed by atoms with van der Waals surface area (Å²) in [5.41, 5.74) is 3.06. The molecular formula is C15H23N. The molecule has 1 saturated heterocycles. The summed E-state index contributed by atoms with van der Waals surface area (Å²) in [6.45, 7) is 4.78. The molecule has 0 radical (unpaired) electrons. The third-order valence-electron chi connectivity index (χ3n) is 3.78. The minimum absolute atomic E-state index is 0.781. The van der Waals surface area contributed by atoms with Crippen molar-refractivity contribution in [2.24, 2.45) is 5.92 Å². The van der Waals surface area contributed by atoms with Crippen LogP contribution in [0, 0.1) is 5.92 Å². The normalized spacial score (nSPS) is 28.0. The first-order valence-corrected chi connectivity index (χ1v) is 6.50. The highest BCUT2D eigenvalue weighted by Gasteiger charge is 2.18. The highest BCUT2D eigenvalue weighted by molar-refractivity contribution is 5.36. The number of allylic oxidation sites excluding steroid dienone is 6. The lowest BCUT2D eigenvalue weighted by molar-refractivity contribution is 0.345. The Balaban J connectivity index is 2.13. The van der Waals surface area contributed by atoms with Gasteiger partial charge in [-0.2, -0.15) is 0 Å². The summed E-state index contributed by atoms with van der Waals surface area (Å²) in [6, 6.07) is 0. The summed E-state index contributed by atoms with van der Waals surface area (Å²) in [6.07, 6.45) is 14.3. The first-order valence-electron chi connectivity index (χ1n) is 6.50. The summed E-state index contributed by atoms with van der Waals surface area (Å²) in [4.78, 5) is 2.46.